The third-order valence-corrected chi connectivity index (χ3v) is 2.97. The number of imidazole rings is 1. The number of hydrogen-bond donors (Lipinski definition) is 2. The van der Waals surface area contributed by atoms with Gasteiger partial charge in [-0.05, 0) is 31.0 Å². The van der Waals surface area contributed by atoms with Crippen molar-refractivity contribution in [3.8, 4) is 0 Å². The number of aryl methyl sites for hydroxylation is 1. The first-order chi connectivity index (χ1) is 7.49. The van der Waals surface area contributed by atoms with Crippen LogP contribution in [0.3, 0.4) is 0 Å². The molecule has 1 unspecified atom stereocenters. The minimum Gasteiger partial charge on any atom is -0.328 e. The second kappa shape index (κ2) is 3.96. The Morgan fingerprint density at radius 2 is 2.25 bits per heavy atom. The van der Waals surface area contributed by atoms with Gasteiger partial charge in [-0.25, -0.2) is 4.79 Å². The van der Waals surface area contributed by atoms with E-state index in [0.29, 0.717) is 11.4 Å². The first-order valence-corrected chi connectivity index (χ1v) is 5.49. The summed E-state index contributed by atoms with van der Waals surface area (Å²) in [6, 6.07) is 3.74. The van der Waals surface area contributed by atoms with Gasteiger partial charge >= 0.3 is 5.69 Å². The van der Waals surface area contributed by atoms with Gasteiger partial charge in [0.25, 0.3) is 0 Å². The van der Waals surface area contributed by atoms with Crippen LogP contribution >= 0.6 is 11.6 Å². The summed E-state index contributed by atoms with van der Waals surface area (Å²) in [4.78, 5) is 14.2. The van der Waals surface area contributed by atoms with Gasteiger partial charge in [-0.1, -0.05) is 11.6 Å². The monoisotopic (exact) mass is 239 g/mol. The predicted molar refractivity (Wildman–Crippen MR) is 65.9 cm³/mol. The molecule has 0 aliphatic heterocycles. The maximum Gasteiger partial charge on any atom is 0.326 e. The van der Waals surface area contributed by atoms with Crippen LogP contribution in [0.4, 0.5) is 0 Å². The smallest absolute Gasteiger partial charge is 0.326 e. The van der Waals surface area contributed by atoms with E-state index in [1.807, 2.05) is 13.0 Å². The summed E-state index contributed by atoms with van der Waals surface area (Å²) in [5, 5.41) is 0.645. The van der Waals surface area contributed by atoms with Crippen LogP contribution in [0.25, 0.3) is 11.0 Å². The largest absolute Gasteiger partial charge is 0.328 e. The van der Waals surface area contributed by atoms with Crippen LogP contribution in [0.5, 0.6) is 0 Å². The van der Waals surface area contributed by atoms with Gasteiger partial charge in [-0.15, -0.1) is 0 Å². The summed E-state index contributed by atoms with van der Waals surface area (Å²) in [6.07, 6.45) is 0.703. The Hall–Kier alpha value is -1.26. The quantitative estimate of drug-likeness (QED) is 0.832. The van der Waals surface area contributed by atoms with Crippen LogP contribution in [0.2, 0.25) is 5.02 Å². The number of hydrogen-bond acceptors (Lipinski definition) is 2. The van der Waals surface area contributed by atoms with E-state index < -0.39 is 0 Å². The Kier molecular flexibility index (Phi) is 2.78. The Morgan fingerprint density at radius 3 is 2.88 bits per heavy atom. The van der Waals surface area contributed by atoms with E-state index in [1.165, 1.54) is 0 Å². The van der Waals surface area contributed by atoms with E-state index in [1.54, 1.807) is 17.7 Å². The minimum atomic E-state index is -0.135. The normalized spacial score (nSPS) is 13.2. The molecule has 2 aromatic rings. The van der Waals surface area contributed by atoms with Gasteiger partial charge in [0.05, 0.1) is 11.0 Å². The van der Waals surface area contributed by atoms with E-state index in [-0.39, 0.29) is 11.7 Å². The Bertz CT molecular complexity index is 583. The number of fused-ring (bicyclic) bond motifs is 1. The van der Waals surface area contributed by atoms with Gasteiger partial charge in [0.1, 0.15) is 0 Å². The molecule has 3 N–H and O–H groups in total. The summed E-state index contributed by atoms with van der Waals surface area (Å²) in [5.41, 5.74) is 8.19. The fraction of sp³-hybridized carbons (Fsp3) is 0.364. The molecule has 0 bridgehead atoms. The van der Waals surface area contributed by atoms with Crippen molar-refractivity contribution in [2.45, 2.75) is 19.4 Å². The number of H-pyrrole nitrogens is 1. The molecule has 0 radical (unpaired) electrons. The van der Waals surface area contributed by atoms with Gasteiger partial charge in [0.15, 0.2) is 0 Å². The summed E-state index contributed by atoms with van der Waals surface area (Å²) in [7, 11) is 1.73. The summed E-state index contributed by atoms with van der Waals surface area (Å²) in [6.45, 7) is 1.93. The van der Waals surface area contributed by atoms with Crippen molar-refractivity contribution >= 4 is 22.6 Å². The maximum atomic E-state index is 11.4. The first kappa shape index (κ1) is 11.2. The third-order valence-electron chi connectivity index (χ3n) is 2.61. The number of aromatic amines is 1. The van der Waals surface area contributed by atoms with Gasteiger partial charge in [0, 0.05) is 18.1 Å². The molecule has 4 nitrogen and oxygen atoms in total. The third kappa shape index (κ3) is 1.86. The number of aromatic nitrogens is 2. The fourth-order valence-electron chi connectivity index (χ4n) is 1.79. The molecule has 0 fully saturated rings. The van der Waals surface area contributed by atoms with E-state index >= 15 is 0 Å². The van der Waals surface area contributed by atoms with Gasteiger partial charge in [0.2, 0.25) is 0 Å². The van der Waals surface area contributed by atoms with Crippen LogP contribution in [0.15, 0.2) is 16.9 Å². The standard InChI is InChI=1S/C11H14ClN3O/c1-6(13)3-7-4-10-9(5-8(7)12)14-11(16)15(10)2/h4-6H,3,13H2,1-2H3,(H,14,16). The first-order valence-electron chi connectivity index (χ1n) is 5.11. The highest BCUT2D eigenvalue weighted by molar-refractivity contribution is 6.32. The zero-order valence-electron chi connectivity index (χ0n) is 9.25. The van der Waals surface area contributed by atoms with Crippen molar-refractivity contribution in [3.63, 3.8) is 0 Å². The average molecular weight is 240 g/mol. The number of nitrogens with one attached hydrogen (secondary N) is 1. The molecule has 1 atom stereocenters. The van der Waals surface area contributed by atoms with Crippen LogP contribution in [0, 0.1) is 0 Å². The van der Waals surface area contributed by atoms with Crippen molar-refractivity contribution < 1.29 is 0 Å². The Balaban J connectivity index is 2.64. The van der Waals surface area contributed by atoms with Crippen LogP contribution < -0.4 is 11.4 Å². The van der Waals surface area contributed by atoms with Crippen molar-refractivity contribution in [1.29, 1.82) is 0 Å². The number of benzene rings is 1. The second-order valence-corrected chi connectivity index (χ2v) is 4.54. The van der Waals surface area contributed by atoms with Crippen molar-refractivity contribution in [1.82, 2.24) is 9.55 Å². The molecule has 0 saturated carbocycles. The molecule has 0 aliphatic rings. The average Bonchev–Trinajstić information content (AvgIpc) is 2.44. The minimum absolute atomic E-state index is 0.0471. The highest BCUT2D eigenvalue weighted by Gasteiger charge is 2.09. The lowest BCUT2D eigenvalue weighted by Gasteiger charge is -2.08. The number of halogens is 1. The Morgan fingerprint density at radius 1 is 1.56 bits per heavy atom. The van der Waals surface area contributed by atoms with E-state index in [9.17, 15) is 4.79 Å². The highest BCUT2D eigenvalue weighted by atomic mass is 35.5. The van der Waals surface area contributed by atoms with Crippen molar-refractivity contribution in [2.24, 2.45) is 12.8 Å². The molecule has 86 valence electrons. The molecule has 1 aromatic carbocycles. The predicted octanol–water partition coefficient (Wildman–Crippen LogP) is 1.41. The molecule has 5 heteroatoms. The van der Waals surface area contributed by atoms with Gasteiger partial charge in [-0.3, -0.25) is 4.57 Å². The number of rotatable bonds is 2. The molecule has 1 aromatic heterocycles. The van der Waals surface area contributed by atoms with Crippen molar-refractivity contribution in [2.75, 3.05) is 0 Å². The highest BCUT2D eigenvalue weighted by Crippen LogP contribution is 2.22. The van der Waals surface area contributed by atoms with Crippen LogP contribution in [-0.4, -0.2) is 15.6 Å². The molecule has 1 heterocycles. The molecular formula is C11H14ClN3O. The maximum absolute atomic E-state index is 11.4. The summed E-state index contributed by atoms with van der Waals surface area (Å²) < 4.78 is 1.57. The van der Waals surface area contributed by atoms with Gasteiger partial charge in [-0.2, -0.15) is 0 Å². The number of nitrogens with zero attached hydrogens (tertiary/aromatic N) is 1. The molecular weight excluding hydrogens is 226 g/mol. The fourth-order valence-corrected chi connectivity index (χ4v) is 2.04. The topological polar surface area (TPSA) is 63.8 Å². The lowest BCUT2D eigenvalue weighted by Crippen LogP contribution is -2.18. The van der Waals surface area contributed by atoms with Gasteiger partial charge < -0.3 is 10.7 Å². The van der Waals surface area contributed by atoms with E-state index in [2.05, 4.69) is 4.98 Å². The Labute approximate surface area is 98.0 Å². The van der Waals surface area contributed by atoms with Crippen molar-refractivity contribution in [3.05, 3.63) is 33.2 Å². The number of nitrogens with two attached hydrogens (primary N) is 1. The lowest BCUT2D eigenvalue weighted by molar-refractivity contribution is 0.738. The summed E-state index contributed by atoms with van der Waals surface area (Å²) in [5.74, 6) is 0. The SMILES string of the molecule is CC(N)Cc1cc2c(cc1Cl)[nH]c(=O)n2C. The summed E-state index contributed by atoms with van der Waals surface area (Å²) >= 11 is 6.12. The molecule has 0 amide bonds. The van der Waals surface area contributed by atoms with E-state index in [4.69, 9.17) is 17.3 Å². The lowest BCUT2D eigenvalue weighted by atomic mass is 10.1. The zero-order chi connectivity index (χ0) is 11.9. The molecule has 0 aliphatic carbocycles. The molecule has 2 rings (SSSR count). The van der Waals surface area contributed by atoms with Crippen LogP contribution in [0.1, 0.15) is 12.5 Å². The zero-order valence-corrected chi connectivity index (χ0v) is 10.0. The molecule has 0 spiro atoms. The van der Waals surface area contributed by atoms with Crippen LogP contribution in [-0.2, 0) is 13.5 Å². The molecule has 0 saturated heterocycles. The molecule has 16 heavy (non-hydrogen) atoms. The van der Waals surface area contributed by atoms with E-state index in [0.717, 1.165) is 16.6 Å². The second-order valence-electron chi connectivity index (χ2n) is 4.13.